The second-order valence-electron chi connectivity index (χ2n) is 3.36. The molecule has 2 aromatic carbocycles. The van der Waals surface area contributed by atoms with Crippen LogP contribution in [0.2, 0.25) is 10.0 Å². The minimum Gasteiger partial charge on any atom is -0.455 e. The monoisotopic (exact) mass is 331 g/mol. The normalized spacial score (nSPS) is 10.3. The summed E-state index contributed by atoms with van der Waals surface area (Å²) in [6.45, 7) is 0. The second-order valence-corrected chi connectivity index (χ2v) is 5.06. The van der Waals surface area contributed by atoms with Gasteiger partial charge in [0.15, 0.2) is 0 Å². The molecule has 0 heterocycles. The van der Waals surface area contributed by atoms with Gasteiger partial charge in [-0.2, -0.15) is 0 Å². The highest BCUT2D eigenvalue weighted by Crippen LogP contribution is 2.33. The molecule has 2 nitrogen and oxygen atoms in total. The molecule has 0 saturated heterocycles. The van der Waals surface area contributed by atoms with Gasteiger partial charge in [-0.25, -0.2) is 0 Å². The molecular formula is C12H8BrCl2NO. The van der Waals surface area contributed by atoms with Crippen LogP contribution in [0.25, 0.3) is 0 Å². The van der Waals surface area contributed by atoms with Crippen molar-refractivity contribution in [3.05, 3.63) is 50.9 Å². The van der Waals surface area contributed by atoms with Crippen LogP contribution in [-0.2, 0) is 0 Å². The van der Waals surface area contributed by atoms with Gasteiger partial charge in [0.05, 0.1) is 10.7 Å². The molecular weight excluding hydrogens is 325 g/mol. The molecule has 0 aliphatic carbocycles. The van der Waals surface area contributed by atoms with E-state index in [0.717, 1.165) is 4.47 Å². The first-order valence-electron chi connectivity index (χ1n) is 4.74. The van der Waals surface area contributed by atoms with Gasteiger partial charge in [-0.05, 0) is 52.3 Å². The summed E-state index contributed by atoms with van der Waals surface area (Å²) in [6, 6.07) is 10.4. The van der Waals surface area contributed by atoms with Crippen LogP contribution >= 0.6 is 39.1 Å². The molecule has 0 aliphatic rings. The molecule has 0 bridgehead atoms. The average Bonchev–Trinajstić information content (AvgIpc) is 2.27. The van der Waals surface area contributed by atoms with E-state index in [9.17, 15) is 0 Å². The smallest absolute Gasteiger partial charge is 0.150 e. The van der Waals surface area contributed by atoms with Gasteiger partial charge in [-0.1, -0.05) is 23.2 Å². The van der Waals surface area contributed by atoms with Gasteiger partial charge in [0.1, 0.15) is 11.5 Å². The maximum absolute atomic E-state index is 5.89. The number of anilines is 1. The number of rotatable bonds is 2. The maximum Gasteiger partial charge on any atom is 0.150 e. The van der Waals surface area contributed by atoms with Crippen LogP contribution in [-0.4, -0.2) is 0 Å². The van der Waals surface area contributed by atoms with Crippen LogP contribution in [0.15, 0.2) is 40.9 Å². The lowest BCUT2D eigenvalue weighted by Crippen LogP contribution is -1.91. The summed E-state index contributed by atoms with van der Waals surface area (Å²) in [5.74, 6) is 1.21. The largest absolute Gasteiger partial charge is 0.455 e. The Bertz CT molecular complexity index is 560. The van der Waals surface area contributed by atoms with E-state index >= 15 is 0 Å². The van der Waals surface area contributed by atoms with Crippen molar-refractivity contribution in [3.63, 3.8) is 0 Å². The fourth-order valence-corrected chi connectivity index (χ4v) is 1.94. The van der Waals surface area contributed by atoms with Crippen molar-refractivity contribution >= 4 is 44.8 Å². The number of hydrogen-bond donors (Lipinski definition) is 1. The Morgan fingerprint density at radius 2 is 1.82 bits per heavy atom. The first kappa shape index (κ1) is 12.6. The van der Waals surface area contributed by atoms with Gasteiger partial charge >= 0.3 is 0 Å². The zero-order valence-corrected chi connectivity index (χ0v) is 11.7. The lowest BCUT2D eigenvalue weighted by molar-refractivity contribution is 0.485. The number of benzene rings is 2. The third kappa shape index (κ3) is 3.06. The van der Waals surface area contributed by atoms with Crippen LogP contribution in [0.1, 0.15) is 0 Å². The van der Waals surface area contributed by atoms with Gasteiger partial charge in [0.25, 0.3) is 0 Å². The van der Waals surface area contributed by atoms with Crippen molar-refractivity contribution in [2.24, 2.45) is 0 Å². The minimum absolute atomic E-state index is 0.489. The Morgan fingerprint density at radius 1 is 1.06 bits per heavy atom. The van der Waals surface area contributed by atoms with Gasteiger partial charge in [-0.3, -0.25) is 0 Å². The number of halogens is 3. The van der Waals surface area contributed by atoms with E-state index in [1.165, 1.54) is 0 Å². The number of nitrogen functional groups attached to an aromatic ring is 1. The first-order chi connectivity index (χ1) is 8.06. The van der Waals surface area contributed by atoms with Crippen molar-refractivity contribution in [1.82, 2.24) is 0 Å². The summed E-state index contributed by atoms with van der Waals surface area (Å²) in [5.41, 5.74) is 6.28. The molecule has 2 rings (SSSR count). The van der Waals surface area contributed by atoms with Crippen molar-refractivity contribution in [1.29, 1.82) is 0 Å². The Kier molecular flexibility index (Phi) is 3.82. The van der Waals surface area contributed by atoms with E-state index in [1.54, 1.807) is 36.4 Å². The van der Waals surface area contributed by atoms with Gasteiger partial charge in [-0.15, -0.1) is 0 Å². The molecule has 0 radical (unpaired) electrons. The molecule has 0 aliphatic heterocycles. The number of hydrogen-bond acceptors (Lipinski definition) is 2. The molecule has 0 fully saturated rings. The fraction of sp³-hybridized carbons (Fsp3) is 0. The van der Waals surface area contributed by atoms with Gasteiger partial charge in [0.2, 0.25) is 0 Å². The Balaban J connectivity index is 2.28. The van der Waals surface area contributed by atoms with E-state index in [-0.39, 0.29) is 0 Å². The maximum atomic E-state index is 5.89. The summed E-state index contributed by atoms with van der Waals surface area (Å²) in [4.78, 5) is 0. The summed E-state index contributed by atoms with van der Waals surface area (Å²) < 4.78 is 6.40. The van der Waals surface area contributed by atoms with Crippen molar-refractivity contribution < 1.29 is 4.74 Å². The lowest BCUT2D eigenvalue weighted by atomic mass is 10.3. The van der Waals surface area contributed by atoms with E-state index in [0.29, 0.717) is 27.2 Å². The summed E-state index contributed by atoms with van der Waals surface area (Å²) in [6.07, 6.45) is 0. The molecule has 2 aromatic rings. The van der Waals surface area contributed by atoms with Crippen LogP contribution in [0, 0.1) is 0 Å². The quantitative estimate of drug-likeness (QED) is 0.773. The predicted molar refractivity (Wildman–Crippen MR) is 75.1 cm³/mol. The Morgan fingerprint density at radius 3 is 2.47 bits per heavy atom. The highest BCUT2D eigenvalue weighted by Gasteiger charge is 2.05. The molecule has 0 atom stereocenters. The zero-order chi connectivity index (χ0) is 12.4. The van der Waals surface area contributed by atoms with Crippen LogP contribution < -0.4 is 10.5 Å². The van der Waals surface area contributed by atoms with E-state index in [2.05, 4.69) is 15.9 Å². The first-order valence-corrected chi connectivity index (χ1v) is 6.29. The molecule has 0 amide bonds. The van der Waals surface area contributed by atoms with Crippen molar-refractivity contribution in [3.8, 4) is 11.5 Å². The molecule has 0 aromatic heterocycles. The average molecular weight is 333 g/mol. The van der Waals surface area contributed by atoms with Gasteiger partial charge in [0, 0.05) is 9.50 Å². The van der Waals surface area contributed by atoms with Crippen LogP contribution in [0.3, 0.4) is 0 Å². The summed E-state index contributed by atoms with van der Waals surface area (Å²) >= 11 is 15.0. The molecule has 2 N–H and O–H groups in total. The lowest BCUT2D eigenvalue weighted by Gasteiger charge is -2.09. The molecule has 0 spiro atoms. The molecule has 0 saturated carbocycles. The minimum atomic E-state index is 0.489. The Hall–Kier alpha value is -0.900. The SMILES string of the molecule is Nc1cc(Cl)ccc1Oc1ccc(Cl)c(Br)c1. The highest BCUT2D eigenvalue weighted by molar-refractivity contribution is 9.10. The van der Waals surface area contributed by atoms with E-state index in [4.69, 9.17) is 33.7 Å². The van der Waals surface area contributed by atoms with E-state index < -0.39 is 0 Å². The molecule has 0 unspecified atom stereocenters. The van der Waals surface area contributed by atoms with Crippen LogP contribution in [0.5, 0.6) is 11.5 Å². The Labute approximate surface area is 117 Å². The van der Waals surface area contributed by atoms with Crippen LogP contribution in [0.4, 0.5) is 5.69 Å². The topological polar surface area (TPSA) is 35.2 Å². The summed E-state index contributed by atoms with van der Waals surface area (Å²) in [7, 11) is 0. The fourth-order valence-electron chi connectivity index (χ4n) is 1.28. The third-order valence-corrected chi connectivity index (χ3v) is 3.54. The zero-order valence-electron chi connectivity index (χ0n) is 8.58. The third-order valence-electron chi connectivity index (χ3n) is 2.09. The van der Waals surface area contributed by atoms with Crippen molar-refractivity contribution in [2.45, 2.75) is 0 Å². The van der Waals surface area contributed by atoms with Crippen molar-refractivity contribution in [2.75, 3.05) is 5.73 Å². The van der Waals surface area contributed by atoms with Gasteiger partial charge < -0.3 is 10.5 Å². The van der Waals surface area contributed by atoms with E-state index in [1.807, 2.05) is 0 Å². The summed E-state index contributed by atoms with van der Waals surface area (Å²) in [5, 5.41) is 1.20. The standard InChI is InChI=1S/C12H8BrCl2NO/c13-9-6-8(2-3-10(9)15)17-12-4-1-7(14)5-11(12)16/h1-6H,16H2. The molecule has 88 valence electrons. The number of nitrogens with two attached hydrogens (primary N) is 1. The number of ether oxygens (including phenoxy) is 1. The molecule has 5 heteroatoms. The highest BCUT2D eigenvalue weighted by atomic mass is 79.9. The molecule has 17 heavy (non-hydrogen) atoms. The predicted octanol–water partition coefficient (Wildman–Crippen LogP) is 5.13. The second kappa shape index (κ2) is 5.17.